The molecule has 2 unspecified atom stereocenters. The zero-order chi connectivity index (χ0) is 27.2. The summed E-state index contributed by atoms with van der Waals surface area (Å²) in [6.45, 7) is 4.99. The van der Waals surface area contributed by atoms with E-state index >= 15 is 0 Å². The van der Waals surface area contributed by atoms with E-state index in [1.807, 2.05) is 0 Å². The minimum absolute atomic E-state index is 0.00693. The highest BCUT2D eigenvalue weighted by Crippen LogP contribution is 2.35. The van der Waals surface area contributed by atoms with Crippen molar-refractivity contribution in [2.75, 3.05) is 45.1 Å². The number of ether oxygens (including phenoxy) is 2. The first kappa shape index (κ1) is 28.0. The number of carbonyl (C=O) groups excluding carboxylic acids is 1. The predicted octanol–water partition coefficient (Wildman–Crippen LogP) is 3.73. The van der Waals surface area contributed by atoms with Gasteiger partial charge in [-0.15, -0.1) is 0 Å². The van der Waals surface area contributed by atoms with Crippen LogP contribution in [0.4, 0.5) is 10.2 Å². The lowest BCUT2D eigenvalue weighted by Crippen LogP contribution is -2.44. The van der Waals surface area contributed by atoms with Gasteiger partial charge in [0, 0.05) is 47.9 Å². The van der Waals surface area contributed by atoms with E-state index in [2.05, 4.69) is 20.2 Å². The van der Waals surface area contributed by atoms with Gasteiger partial charge in [-0.25, -0.2) is 14.4 Å². The molecule has 0 saturated carbocycles. The summed E-state index contributed by atoms with van der Waals surface area (Å²) in [7, 11) is 0. The Morgan fingerprint density at radius 2 is 2.05 bits per heavy atom. The van der Waals surface area contributed by atoms with Crippen molar-refractivity contribution >= 4 is 34.9 Å². The van der Waals surface area contributed by atoms with Crippen molar-refractivity contribution in [1.82, 2.24) is 20.2 Å². The number of rotatable bonds is 9. The minimum Gasteiger partial charge on any atom is -0.467 e. The predicted molar refractivity (Wildman–Crippen MR) is 143 cm³/mol. The van der Waals surface area contributed by atoms with Crippen LogP contribution in [-0.2, 0) is 4.74 Å². The largest absolute Gasteiger partial charge is 0.467 e. The average Bonchev–Trinajstić information content (AvgIpc) is 2.91. The molecule has 202 valence electrons. The molecule has 0 spiro atoms. The number of amides is 1. The van der Waals surface area contributed by atoms with Gasteiger partial charge in [0.05, 0.1) is 36.2 Å². The number of nitrogens with zero attached hydrogens (tertiary/aromatic N) is 3. The highest BCUT2D eigenvalue weighted by molar-refractivity contribution is 6.36. The second-order valence-electron chi connectivity index (χ2n) is 8.82. The number of halogens is 3. The van der Waals surface area contributed by atoms with Crippen LogP contribution < -0.4 is 15.8 Å². The Labute approximate surface area is 229 Å². The van der Waals surface area contributed by atoms with E-state index in [-0.39, 0.29) is 39.8 Å². The Morgan fingerprint density at radius 3 is 2.82 bits per heavy atom. The molecular weight excluding hydrogens is 536 g/mol. The van der Waals surface area contributed by atoms with Crippen molar-refractivity contribution in [2.45, 2.75) is 19.1 Å². The highest BCUT2D eigenvalue weighted by Gasteiger charge is 2.21. The molecule has 4 rings (SSSR count). The van der Waals surface area contributed by atoms with E-state index in [1.54, 1.807) is 31.2 Å². The summed E-state index contributed by atoms with van der Waals surface area (Å²) in [5.41, 5.74) is 7.62. The van der Waals surface area contributed by atoms with E-state index < -0.39 is 18.0 Å². The Kier molecular flexibility index (Phi) is 9.35. The zero-order valence-electron chi connectivity index (χ0n) is 20.7. The summed E-state index contributed by atoms with van der Waals surface area (Å²) in [6.07, 6.45) is -0.0264. The van der Waals surface area contributed by atoms with E-state index in [4.69, 9.17) is 38.4 Å². The zero-order valence-corrected chi connectivity index (χ0v) is 22.2. The molecule has 2 heterocycles. The number of hydrogen-bond donors (Lipinski definition) is 3. The fraction of sp³-hybridized carbons (Fsp3) is 0.346. The molecule has 9 nitrogen and oxygen atoms in total. The molecular formula is C26H28Cl2FN5O4. The molecule has 1 aliphatic heterocycles. The lowest BCUT2D eigenvalue weighted by atomic mass is 10.1. The molecule has 38 heavy (non-hydrogen) atoms. The number of benzene rings is 2. The number of β-amino-alcohol motifs (C(OH)–C–C–N with tert-alkyl or cyclic N) is 1. The smallest absolute Gasteiger partial charge is 0.258 e. The normalized spacial score (nSPS) is 15.6. The summed E-state index contributed by atoms with van der Waals surface area (Å²) in [4.78, 5) is 23.5. The first-order valence-corrected chi connectivity index (χ1v) is 12.8. The highest BCUT2D eigenvalue weighted by atomic mass is 35.5. The van der Waals surface area contributed by atoms with Gasteiger partial charge in [-0.3, -0.25) is 9.69 Å². The Bertz CT molecular complexity index is 1290. The van der Waals surface area contributed by atoms with E-state index in [0.29, 0.717) is 36.6 Å². The van der Waals surface area contributed by atoms with Gasteiger partial charge in [0.15, 0.2) is 5.82 Å². The number of aliphatic hydroxyl groups is 1. The van der Waals surface area contributed by atoms with Gasteiger partial charge in [0.25, 0.3) is 11.8 Å². The standard InChI is InChI=1S/C26H28Cl2FN5O4/c1-15(22-19(27)5-6-20(29)23(22)28)38-26-24(30)31-13-21(33-26)16-3-2-4-17(11-16)25(36)32-12-18(35)14-34-7-9-37-10-8-34/h2-6,11,13,15,18,35H,7-10,12,14H2,1H3,(H2,30,31)(H,32,36). The van der Waals surface area contributed by atoms with Gasteiger partial charge in [0.2, 0.25) is 0 Å². The fourth-order valence-electron chi connectivity index (χ4n) is 4.03. The van der Waals surface area contributed by atoms with Crippen LogP contribution >= 0.6 is 23.2 Å². The van der Waals surface area contributed by atoms with Crippen LogP contribution in [0.3, 0.4) is 0 Å². The maximum Gasteiger partial charge on any atom is 0.258 e. The summed E-state index contributed by atoms with van der Waals surface area (Å²) in [5, 5.41) is 13.2. The second-order valence-corrected chi connectivity index (χ2v) is 9.61. The van der Waals surface area contributed by atoms with Crippen molar-refractivity contribution in [3.05, 3.63) is 69.6 Å². The Balaban J connectivity index is 1.44. The first-order valence-electron chi connectivity index (χ1n) is 12.0. The van der Waals surface area contributed by atoms with Crippen LogP contribution in [0.1, 0.15) is 28.9 Å². The Hall–Kier alpha value is -3.02. The molecule has 0 radical (unpaired) electrons. The third-order valence-corrected chi connectivity index (χ3v) is 6.75. The molecule has 2 atom stereocenters. The third kappa shape index (κ3) is 6.89. The number of anilines is 1. The maximum atomic E-state index is 14.0. The lowest BCUT2D eigenvalue weighted by Gasteiger charge is -2.28. The van der Waals surface area contributed by atoms with Crippen LogP contribution in [0, 0.1) is 5.82 Å². The summed E-state index contributed by atoms with van der Waals surface area (Å²) >= 11 is 12.3. The third-order valence-electron chi connectivity index (χ3n) is 6.03. The maximum absolute atomic E-state index is 14.0. The summed E-state index contributed by atoms with van der Waals surface area (Å²) in [6, 6.07) is 9.34. The molecule has 3 aromatic rings. The SMILES string of the molecule is CC(Oc1nc(-c2cccc(C(=O)NCC(O)CN3CCOCC3)c2)cnc1N)c1c(Cl)ccc(F)c1Cl. The molecule has 1 aromatic heterocycles. The number of hydrogen-bond acceptors (Lipinski definition) is 8. The number of nitrogens with two attached hydrogens (primary N) is 1. The summed E-state index contributed by atoms with van der Waals surface area (Å²) < 4.78 is 25.2. The number of nitrogen functional groups attached to an aromatic ring is 1. The number of carbonyl (C=O) groups is 1. The van der Waals surface area contributed by atoms with E-state index in [1.165, 1.54) is 18.3 Å². The molecule has 0 bridgehead atoms. The molecule has 12 heteroatoms. The molecule has 1 saturated heterocycles. The number of morpholine rings is 1. The molecule has 1 aliphatic rings. The van der Waals surface area contributed by atoms with Crippen molar-refractivity contribution in [3.63, 3.8) is 0 Å². The van der Waals surface area contributed by atoms with Crippen LogP contribution in [0.5, 0.6) is 5.88 Å². The van der Waals surface area contributed by atoms with Crippen molar-refractivity contribution < 1.29 is 23.8 Å². The fourth-order valence-corrected chi connectivity index (χ4v) is 4.71. The van der Waals surface area contributed by atoms with Gasteiger partial charge in [-0.05, 0) is 31.2 Å². The first-order chi connectivity index (χ1) is 18.2. The molecule has 1 amide bonds. The van der Waals surface area contributed by atoms with Gasteiger partial charge in [-0.1, -0.05) is 35.3 Å². The van der Waals surface area contributed by atoms with Gasteiger partial charge in [0.1, 0.15) is 11.9 Å². The van der Waals surface area contributed by atoms with Gasteiger partial charge >= 0.3 is 0 Å². The van der Waals surface area contributed by atoms with Crippen molar-refractivity contribution in [1.29, 1.82) is 0 Å². The van der Waals surface area contributed by atoms with E-state index in [0.717, 1.165) is 13.1 Å². The number of aromatic nitrogens is 2. The number of nitrogens with one attached hydrogen (secondary N) is 1. The van der Waals surface area contributed by atoms with Crippen LogP contribution in [0.15, 0.2) is 42.6 Å². The Morgan fingerprint density at radius 1 is 1.29 bits per heavy atom. The monoisotopic (exact) mass is 563 g/mol. The lowest BCUT2D eigenvalue weighted by molar-refractivity contribution is 0.0149. The second kappa shape index (κ2) is 12.7. The van der Waals surface area contributed by atoms with Crippen LogP contribution in [0.25, 0.3) is 11.3 Å². The molecule has 4 N–H and O–H groups in total. The molecule has 2 aromatic carbocycles. The molecule has 1 fully saturated rings. The van der Waals surface area contributed by atoms with Crippen LogP contribution in [0.2, 0.25) is 10.0 Å². The van der Waals surface area contributed by atoms with Gasteiger partial charge in [-0.2, -0.15) is 0 Å². The van der Waals surface area contributed by atoms with E-state index in [9.17, 15) is 14.3 Å². The average molecular weight is 564 g/mol. The summed E-state index contributed by atoms with van der Waals surface area (Å²) in [5.74, 6) is -0.935. The minimum atomic E-state index is -0.779. The number of aliphatic hydroxyl groups excluding tert-OH is 1. The quantitative estimate of drug-likeness (QED) is 0.336. The van der Waals surface area contributed by atoms with Crippen molar-refractivity contribution in [3.8, 4) is 17.1 Å². The van der Waals surface area contributed by atoms with Gasteiger partial charge < -0.3 is 25.6 Å². The van der Waals surface area contributed by atoms with Crippen LogP contribution in [-0.4, -0.2) is 71.4 Å². The topological polar surface area (TPSA) is 123 Å². The van der Waals surface area contributed by atoms with Crippen molar-refractivity contribution in [2.24, 2.45) is 0 Å². The molecule has 0 aliphatic carbocycles.